The van der Waals surface area contributed by atoms with Crippen molar-refractivity contribution in [1.82, 2.24) is 0 Å². The number of hydrogen-bond donors (Lipinski definition) is 0. The summed E-state index contributed by atoms with van der Waals surface area (Å²) in [5.74, 6) is 1.25. The Kier molecular flexibility index (Phi) is 4.07. The van der Waals surface area contributed by atoms with E-state index < -0.39 is 0 Å². The van der Waals surface area contributed by atoms with Crippen LogP contribution in [0.4, 0.5) is 0 Å². The van der Waals surface area contributed by atoms with Crippen LogP contribution in [0, 0.1) is 11.8 Å². The maximum absolute atomic E-state index is 10.7. The van der Waals surface area contributed by atoms with Crippen LogP contribution in [0.2, 0.25) is 0 Å². The van der Waals surface area contributed by atoms with E-state index in [0.29, 0.717) is 12.3 Å². The molecule has 1 nitrogen and oxygen atoms in total. The largest absolute Gasteiger partial charge is 0.281 e. The molecule has 1 atom stereocenters. The fraction of sp³-hybridized carbons (Fsp3) is 0.900. The first-order valence-corrected chi connectivity index (χ1v) is 5.26. The highest BCUT2D eigenvalue weighted by Gasteiger charge is 2.21. The minimum atomic E-state index is -0.173. The van der Waals surface area contributed by atoms with Gasteiger partial charge in [0.15, 0.2) is 0 Å². The van der Waals surface area contributed by atoms with Gasteiger partial charge in [0.05, 0.1) is 0 Å². The molecule has 0 N–H and O–H groups in total. The first kappa shape index (κ1) is 10.0. The minimum absolute atomic E-state index is 0.173. The van der Waals surface area contributed by atoms with E-state index in [0.717, 1.165) is 5.92 Å². The Morgan fingerprint density at radius 1 is 1.42 bits per heavy atom. The number of hydrogen-bond acceptors (Lipinski definition) is 1. The van der Waals surface area contributed by atoms with E-state index in [2.05, 4.69) is 6.92 Å². The summed E-state index contributed by atoms with van der Waals surface area (Å²) in [6.45, 7) is 2.15. The van der Waals surface area contributed by atoms with Crippen molar-refractivity contribution in [3.63, 3.8) is 0 Å². The van der Waals surface area contributed by atoms with Crippen LogP contribution in [0.25, 0.3) is 0 Å². The Bertz CT molecular complexity index is 150. The maximum Gasteiger partial charge on any atom is 0.221 e. The second-order valence-electron chi connectivity index (χ2n) is 3.93. The van der Waals surface area contributed by atoms with Gasteiger partial charge in [-0.05, 0) is 23.4 Å². The molecule has 0 bridgehead atoms. The van der Waals surface area contributed by atoms with Crippen LogP contribution in [0.3, 0.4) is 0 Å². The van der Waals surface area contributed by atoms with Crippen LogP contribution in [0.1, 0.15) is 45.4 Å². The molecule has 0 aliphatic heterocycles. The monoisotopic (exact) mass is 188 g/mol. The van der Waals surface area contributed by atoms with Gasteiger partial charge in [-0.1, -0.05) is 39.0 Å². The van der Waals surface area contributed by atoms with Crippen LogP contribution < -0.4 is 0 Å². The Labute approximate surface area is 79.5 Å². The molecule has 0 amide bonds. The molecule has 1 rings (SSSR count). The fourth-order valence-electron chi connectivity index (χ4n) is 2.12. The Balaban J connectivity index is 2.29. The summed E-state index contributed by atoms with van der Waals surface area (Å²) in [5, 5.41) is -0.173. The first-order chi connectivity index (χ1) is 5.70. The van der Waals surface area contributed by atoms with Crippen LogP contribution in [0.15, 0.2) is 0 Å². The van der Waals surface area contributed by atoms with Gasteiger partial charge < -0.3 is 0 Å². The maximum atomic E-state index is 10.7. The Morgan fingerprint density at radius 3 is 2.50 bits per heavy atom. The number of carbonyl (C=O) groups is 1. The lowest BCUT2D eigenvalue weighted by molar-refractivity contribution is -0.112. The van der Waals surface area contributed by atoms with Gasteiger partial charge in [-0.25, -0.2) is 0 Å². The predicted octanol–water partition coefficient (Wildman–Crippen LogP) is 3.36. The Hall–Kier alpha value is -0.0400. The zero-order valence-electron chi connectivity index (χ0n) is 7.68. The molecule has 0 radical (unpaired) electrons. The van der Waals surface area contributed by atoms with Gasteiger partial charge in [0.25, 0.3) is 0 Å². The second kappa shape index (κ2) is 4.86. The molecule has 0 aromatic heterocycles. The summed E-state index contributed by atoms with van der Waals surface area (Å²) in [6, 6.07) is 0. The van der Waals surface area contributed by atoms with E-state index in [1.165, 1.54) is 32.1 Å². The minimum Gasteiger partial charge on any atom is -0.281 e. The highest BCUT2D eigenvalue weighted by atomic mass is 35.5. The number of halogens is 1. The van der Waals surface area contributed by atoms with Gasteiger partial charge in [0.1, 0.15) is 0 Å². The molecule has 1 aliphatic carbocycles. The van der Waals surface area contributed by atoms with E-state index in [1.807, 2.05) is 0 Å². The standard InChI is InChI=1S/C10H17ClO/c1-8(7-10(11)12)9-5-3-2-4-6-9/h8-9H,2-7H2,1H3. The van der Waals surface area contributed by atoms with Gasteiger partial charge in [0, 0.05) is 6.42 Å². The topological polar surface area (TPSA) is 17.1 Å². The predicted molar refractivity (Wildman–Crippen MR) is 51.2 cm³/mol. The average Bonchev–Trinajstić information content (AvgIpc) is 2.05. The quantitative estimate of drug-likeness (QED) is 0.621. The molecule has 1 aliphatic rings. The molecular formula is C10H17ClO. The summed E-state index contributed by atoms with van der Waals surface area (Å²) in [5.41, 5.74) is 0. The van der Waals surface area contributed by atoms with Crippen molar-refractivity contribution in [3.05, 3.63) is 0 Å². The van der Waals surface area contributed by atoms with Crippen molar-refractivity contribution in [2.24, 2.45) is 11.8 Å². The molecule has 0 aromatic carbocycles. The summed E-state index contributed by atoms with van der Waals surface area (Å²) in [6.07, 6.45) is 7.21. The van der Waals surface area contributed by atoms with Gasteiger partial charge in [-0.3, -0.25) is 4.79 Å². The van der Waals surface area contributed by atoms with Crippen LogP contribution in [-0.4, -0.2) is 5.24 Å². The van der Waals surface area contributed by atoms with E-state index >= 15 is 0 Å². The molecule has 1 unspecified atom stereocenters. The zero-order chi connectivity index (χ0) is 8.97. The van der Waals surface area contributed by atoms with Gasteiger partial charge in [-0.15, -0.1) is 0 Å². The highest BCUT2D eigenvalue weighted by Crippen LogP contribution is 2.31. The van der Waals surface area contributed by atoms with Gasteiger partial charge in [0.2, 0.25) is 5.24 Å². The van der Waals surface area contributed by atoms with Gasteiger partial charge >= 0.3 is 0 Å². The summed E-state index contributed by atoms with van der Waals surface area (Å²) < 4.78 is 0. The summed E-state index contributed by atoms with van der Waals surface area (Å²) in [4.78, 5) is 10.7. The van der Waals surface area contributed by atoms with Crippen molar-refractivity contribution in [1.29, 1.82) is 0 Å². The van der Waals surface area contributed by atoms with Crippen LogP contribution in [0.5, 0.6) is 0 Å². The molecular weight excluding hydrogens is 172 g/mol. The molecule has 1 saturated carbocycles. The van der Waals surface area contributed by atoms with Crippen LogP contribution in [-0.2, 0) is 4.79 Å². The van der Waals surface area contributed by atoms with Crippen molar-refractivity contribution in [2.45, 2.75) is 45.4 Å². The SMILES string of the molecule is CC(CC(=O)Cl)C1CCCCC1. The molecule has 1 fully saturated rings. The number of rotatable bonds is 3. The smallest absolute Gasteiger partial charge is 0.221 e. The number of carbonyl (C=O) groups excluding carboxylic acids is 1. The molecule has 0 spiro atoms. The Morgan fingerprint density at radius 2 is 2.00 bits per heavy atom. The average molecular weight is 189 g/mol. The second-order valence-corrected chi connectivity index (χ2v) is 4.36. The molecule has 0 heterocycles. The van der Waals surface area contributed by atoms with Crippen molar-refractivity contribution in [2.75, 3.05) is 0 Å². The highest BCUT2D eigenvalue weighted by molar-refractivity contribution is 6.63. The summed E-state index contributed by atoms with van der Waals surface area (Å²) in [7, 11) is 0. The van der Waals surface area contributed by atoms with E-state index in [9.17, 15) is 4.79 Å². The lowest BCUT2D eigenvalue weighted by Gasteiger charge is -2.26. The molecule has 0 saturated heterocycles. The normalized spacial score (nSPS) is 22.2. The van der Waals surface area contributed by atoms with Crippen LogP contribution >= 0.6 is 11.6 Å². The summed E-state index contributed by atoms with van der Waals surface area (Å²) >= 11 is 5.35. The molecule has 2 heteroatoms. The third kappa shape index (κ3) is 3.14. The third-order valence-corrected chi connectivity index (χ3v) is 3.09. The van der Waals surface area contributed by atoms with Crippen molar-refractivity contribution in [3.8, 4) is 0 Å². The lowest BCUT2D eigenvalue weighted by atomic mass is 9.80. The fourth-order valence-corrected chi connectivity index (χ4v) is 2.37. The van der Waals surface area contributed by atoms with E-state index in [-0.39, 0.29) is 5.24 Å². The third-order valence-electron chi connectivity index (χ3n) is 2.94. The molecule has 12 heavy (non-hydrogen) atoms. The molecule has 0 aromatic rings. The molecule has 70 valence electrons. The van der Waals surface area contributed by atoms with Gasteiger partial charge in [-0.2, -0.15) is 0 Å². The van der Waals surface area contributed by atoms with Crippen molar-refractivity contribution >= 4 is 16.8 Å². The van der Waals surface area contributed by atoms with E-state index in [1.54, 1.807) is 0 Å². The zero-order valence-corrected chi connectivity index (χ0v) is 8.44. The lowest BCUT2D eigenvalue weighted by Crippen LogP contribution is -2.16. The first-order valence-electron chi connectivity index (χ1n) is 4.88. The van der Waals surface area contributed by atoms with E-state index in [4.69, 9.17) is 11.6 Å². The van der Waals surface area contributed by atoms with Crippen molar-refractivity contribution < 1.29 is 4.79 Å².